The molecule has 1 aromatic heterocycles. The normalized spacial score (nSPS) is 14.0. The number of fused-ring (bicyclic) bond motifs is 1. The number of urea groups is 1. The van der Waals surface area contributed by atoms with Crippen LogP contribution in [0.5, 0.6) is 11.6 Å². The van der Waals surface area contributed by atoms with Crippen LogP contribution in [0.3, 0.4) is 0 Å². The van der Waals surface area contributed by atoms with Gasteiger partial charge in [-0.15, -0.1) is 0 Å². The molecule has 1 N–H and O–H groups in total. The van der Waals surface area contributed by atoms with E-state index < -0.39 is 0 Å². The molecule has 0 saturated carbocycles. The van der Waals surface area contributed by atoms with E-state index in [1.165, 1.54) is 7.11 Å². The fraction of sp³-hybridized carbons (Fsp3) is 0.318. The highest BCUT2D eigenvalue weighted by molar-refractivity contribution is 5.91. The third kappa shape index (κ3) is 4.07. The number of piperazine rings is 1. The molecule has 1 aliphatic rings. The lowest BCUT2D eigenvalue weighted by atomic mass is 10.2. The summed E-state index contributed by atoms with van der Waals surface area (Å²) >= 11 is 0. The average Bonchev–Trinajstić information content (AvgIpc) is 2.79. The van der Waals surface area contributed by atoms with Crippen LogP contribution < -0.4 is 19.7 Å². The summed E-state index contributed by atoms with van der Waals surface area (Å²) in [6, 6.07) is 13.5. The van der Waals surface area contributed by atoms with Crippen LogP contribution >= 0.6 is 0 Å². The summed E-state index contributed by atoms with van der Waals surface area (Å²) in [5.74, 6) is 1.46. The molecule has 8 heteroatoms. The van der Waals surface area contributed by atoms with Crippen molar-refractivity contribution in [3.05, 3.63) is 48.0 Å². The molecule has 2 amide bonds. The molecule has 4 rings (SSSR count). The number of anilines is 2. The van der Waals surface area contributed by atoms with Crippen molar-refractivity contribution in [1.29, 1.82) is 0 Å². The Balaban J connectivity index is 1.42. The summed E-state index contributed by atoms with van der Waals surface area (Å²) in [5.41, 5.74) is 3.65. The topological polar surface area (TPSA) is 79.8 Å². The largest absolute Gasteiger partial charge is 0.497 e. The molecule has 0 unspecified atom stereocenters. The van der Waals surface area contributed by atoms with E-state index in [1.807, 2.05) is 49.4 Å². The second kappa shape index (κ2) is 8.44. The zero-order chi connectivity index (χ0) is 21.1. The minimum Gasteiger partial charge on any atom is -0.497 e. The molecule has 0 bridgehead atoms. The van der Waals surface area contributed by atoms with E-state index in [9.17, 15) is 4.79 Å². The van der Waals surface area contributed by atoms with Gasteiger partial charge in [0.2, 0.25) is 0 Å². The van der Waals surface area contributed by atoms with E-state index in [-0.39, 0.29) is 6.03 Å². The van der Waals surface area contributed by atoms with E-state index in [4.69, 9.17) is 9.47 Å². The number of nitrogens with zero attached hydrogens (tertiary/aromatic N) is 4. The van der Waals surface area contributed by atoms with Gasteiger partial charge in [0.05, 0.1) is 25.3 Å². The van der Waals surface area contributed by atoms with Gasteiger partial charge in [0.1, 0.15) is 5.75 Å². The Morgan fingerprint density at radius 3 is 2.33 bits per heavy atom. The van der Waals surface area contributed by atoms with Crippen molar-refractivity contribution < 1.29 is 14.3 Å². The maximum absolute atomic E-state index is 12.8. The number of carbonyl (C=O) groups excluding carboxylic acids is 1. The quantitative estimate of drug-likeness (QED) is 0.715. The number of aromatic nitrogens is 2. The summed E-state index contributed by atoms with van der Waals surface area (Å²) in [5, 5.41) is 2.86. The van der Waals surface area contributed by atoms with Crippen molar-refractivity contribution in [3.63, 3.8) is 0 Å². The molecule has 1 aliphatic heterocycles. The monoisotopic (exact) mass is 407 g/mol. The first kappa shape index (κ1) is 19.8. The first-order valence-electron chi connectivity index (χ1n) is 9.84. The minimum absolute atomic E-state index is 0.205. The molecular weight excluding hydrogens is 382 g/mol. The fourth-order valence-electron chi connectivity index (χ4n) is 3.51. The Morgan fingerprint density at radius 2 is 1.67 bits per heavy atom. The summed E-state index contributed by atoms with van der Waals surface area (Å²) < 4.78 is 10.6. The lowest BCUT2D eigenvalue weighted by Crippen LogP contribution is -2.50. The Morgan fingerprint density at radius 1 is 0.933 bits per heavy atom. The fourth-order valence-corrected chi connectivity index (χ4v) is 3.51. The van der Waals surface area contributed by atoms with Gasteiger partial charge in [0, 0.05) is 31.9 Å². The van der Waals surface area contributed by atoms with E-state index in [1.54, 1.807) is 12.0 Å². The van der Waals surface area contributed by atoms with Gasteiger partial charge in [-0.1, -0.05) is 6.07 Å². The molecule has 2 heterocycles. The summed E-state index contributed by atoms with van der Waals surface area (Å²) in [7, 11) is 3.18. The SMILES string of the molecule is COc1ccc(N2CCN(C(=O)Nc3nc4ccc(C)cc4nc3OC)CC2)cc1. The number of ether oxygens (including phenoxy) is 2. The standard InChI is InChI=1S/C22H25N5O3/c1-15-4-9-18-19(14-15)24-21(30-3)20(23-18)25-22(28)27-12-10-26(11-13-27)16-5-7-17(29-2)8-6-16/h4-9,14H,10-13H2,1-3H3,(H,23,25,28). The molecule has 156 valence electrons. The van der Waals surface area contributed by atoms with Crippen LogP contribution in [0.4, 0.5) is 16.3 Å². The number of aryl methyl sites for hydroxylation is 1. The van der Waals surface area contributed by atoms with Crippen LogP contribution in [-0.2, 0) is 0 Å². The second-order valence-electron chi connectivity index (χ2n) is 7.18. The van der Waals surface area contributed by atoms with E-state index in [0.29, 0.717) is 30.3 Å². The van der Waals surface area contributed by atoms with Crippen LogP contribution in [0.2, 0.25) is 0 Å². The van der Waals surface area contributed by atoms with Crippen LogP contribution in [0, 0.1) is 6.92 Å². The number of rotatable bonds is 4. The third-order valence-corrected chi connectivity index (χ3v) is 5.21. The summed E-state index contributed by atoms with van der Waals surface area (Å²) in [6.45, 7) is 4.72. The predicted molar refractivity (Wildman–Crippen MR) is 117 cm³/mol. The zero-order valence-electron chi connectivity index (χ0n) is 17.4. The number of benzene rings is 2. The van der Waals surface area contributed by atoms with Gasteiger partial charge >= 0.3 is 6.03 Å². The van der Waals surface area contributed by atoms with Crippen molar-refractivity contribution in [3.8, 4) is 11.6 Å². The smallest absolute Gasteiger partial charge is 0.323 e. The first-order chi connectivity index (χ1) is 14.6. The van der Waals surface area contributed by atoms with Gasteiger partial charge in [-0.3, -0.25) is 5.32 Å². The number of nitrogens with one attached hydrogen (secondary N) is 1. The molecule has 2 aromatic carbocycles. The number of amides is 2. The van der Waals surface area contributed by atoms with Crippen LogP contribution in [0.25, 0.3) is 11.0 Å². The Bertz CT molecular complexity index is 1050. The van der Waals surface area contributed by atoms with Crippen LogP contribution in [0.1, 0.15) is 5.56 Å². The molecule has 0 atom stereocenters. The van der Waals surface area contributed by atoms with E-state index in [2.05, 4.69) is 20.2 Å². The molecule has 0 aliphatic carbocycles. The lowest BCUT2D eigenvalue weighted by Gasteiger charge is -2.36. The Hall–Kier alpha value is -3.55. The van der Waals surface area contributed by atoms with Crippen molar-refractivity contribution >= 4 is 28.6 Å². The van der Waals surface area contributed by atoms with Crippen molar-refractivity contribution in [2.24, 2.45) is 0 Å². The van der Waals surface area contributed by atoms with Crippen molar-refractivity contribution in [1.82, 2.24) is 14.9 Å². The maximum atomic E-state index is 12.8. The number of methoxy groups -OCH3 is 2. The molecule has 3 aromatic rings. The van der Waals surface area contributed by atoms with E-state index >= 15 is 0 Å². The molecule has 1 saturated heterocycles. The molecule has 1 fully saturated rings. The zero-order valence-corrected chi connectivity index (χ0v) is 17.4. The van der Waals surface area contributed by atoms with E-state index in [0.717, 1.165) is 35.6 Å². The third-order valence-electron chi connectivity index (χ3n) is 5.21. The molecule has 8 nitrogen and oxygen atoms in total. The number of hydrogen-bond acceptors (Lipinski definition) is 6. The highest BCUT2D eigenvalue weighted by atomic mass is 16.5. The molecule has 0 radical (unpaired) electrons. The average molecular weight is 407 g/mol. The Labute approximate surface area is 175 Å². The van der Waals surface area contributed by atoms with Gasteiger partial charge in [-0.2, -0.15) is 0 Å². The van der Waals surface area contributed by atoms with Crippen LogP contribution in [-0.4, -0.2) is 61.3 Å². The highest BCUT2D eigenvalue weighted by Gasteiger charge is 2.23. The second-order valence-corrected chi connectivity index (χ2v) is 7.18. The van der Waals surface area contributed by atoms with Crippen LogP contribution in [0.15, 0.2) is 42.5 Å². The van der Waals surface area contributed by atoms with Gasteiger partial charge < -0.3 is 19.3 Å². The van der Waals surface area contributed by atoms with Crippen molar-refractivity contribution in [2.45, 2.75) is 6.92 Å². The first-order valence-corrected chi connectivity index (χ1v) is 9.84. The Kier molecular flexibility index (Phi) is 5.56. The predicted octanol–water partition coefficient (Wildman–Crippen LogP) is 3.31. The van der Waals surface area contributed by atoms with Gasteiger partial charge in [0.15, 0.2) is 5.82 Å². The molecular formula is C22H25N5O3. The molecule has 30 heavy (non-hydrogen) atoms. The van der Waals surface area contributed by atoms with Gasteiger partial charge in [0.25, 0.3) is 5.88 Å². The number of hydrogen-bond donors (Lipinski definition) is 1. The highest BCUT2D eigenvalue weighted by Crippen LogP contribution is 2.25. The summed E-state index contributed by atoms with van der Waals surface area (Å²) in [6.07, 6.45) is 0. The maximum Gasteiger partial charge on any atom is 0.323 e. The van der Waals surface area contributed by atoms with Crippen molar-refractivity contribution in [2.75, 3.05) is 50.6 Å². The van der Waals surface area contributed by atoms with Gasteiger partial charge in [-0.25, -0.2) is 14.8 Å². The minimum atomic E-state index is -0.205. The summed E-state index contributed by atoms with van der Waals surface area (Å²) in [4.78, 5) is 25.9. The lowest BCUT2D eigenvalue weighted by molar-refractivity contribution is 0.208. The number of carbonyl (C=O) groups is 1. The van der Waals surface area contributed by atoms with Gasteiger partial charge in [-0.05, 0) is 48.9 Å². The molecule has 0 spiro atoms.